The maximum absolute atomic E-state index is 13.1. The van der Waals surface area contributed by atoms with Gasteiger partial charge in [0, 0.05) is 19.0 Å². The van der Waals surface area contributed by atoms with E-state index in [1.807, 2.05) is 25.1 Å². The summed E-state index contributed by atoms with van der Waals surface area (Å²) in [7, 11) is -3.69. The highest BCUT2D eigenvalue weighted by molar-refractivity contribution is 7.89. The topological polar surface area (TPSA) is 75.7 Å². The van der Waals surface area contributed by atoms with Gasteiger partial charge in [-0.1, -0.05) is 19.1 Å². The predicted molar refractivity (Wildman–Crippen MR) is 109 cm³/mol. The molecule has 3 rings (SSSR count). The van der Waals surface area contributed by atoms with E-state index in [1.165, 1.54) is 16.4 Å². The van der Waals surface area contributed by atoms with Crippen LogP contribution in [0.4, 0.5) is 10.1 Å². The highest BCUT2D eigenvalue weighted by Gasteiger charge is 2.32. The molecule has 1 heterocycles. The van der Waals surface area contributed by atoms with E-state index < -0.39 is 15.8 Å². The summed E-state index contributed by atoms with van der Waals surface area (Å²) in [5, 5.41) is 2.91. The van der Waals surface area contributed by atoms with Crippen molar-refractivity contribution >= 4 is 21.6 Å². The molecule has 0 spiro atoms. The maximum Gasteiger partial charge on any atom is 0.243 e. The van der Waals surface area contributed by atoms with Gasteiger partial charge in [-0.15, -0.1) is 0 Å². The summed E-state index contributed by atoms with van der Waals surface area (Å²) in [5.74, 6) is -0.285. The lowest BCUT2D eigenvalue weighted by molar-refractivity contribution is -0.120. The second-order valence-corrected chi connectivity index (χ2v) is 8.90. The molecular weight excluding hydrogens is 395 g/mol. The van der Waals surface area contributed by atoms with Crippen molar-refractivity contribution in [1.29, 1.82) is 0 Å². The number of piperidine rings is 1. The molecule has 0 aliphatic carbocycles. The highest BCUT2D eigenvalue weighted by Crippen LogP contribution is 2.28. The summed E-state index contributed by atoms with van der Waals surface area (Å²) in [6.07, 6.45) is 1.71. The van der Waals surface area contributed by atoms with E-state index in [-0.39, 0.29) is 29.8 Å². The first-order valence-electron chi connectivity index (χ1n) is 9.70. The van der Waals surface area contributed by atoms with Gasteiger partial charge in [0.15, 0.2) is 0 Å². The Morgan fingerprint density at radius 2 is 1.79 bits per heavy atom. The van der Waals surface area contributed by atoms with Crippen LogP contribution in [0.3, 0.4) is 0 Å². The van der Waals surface area contributed by atoms with Crippen molar-refractivity contribution in [3.05, 3.63) is 54.3 Å². The third-order valence-corrected chi connectivity index (χ3v) is 6.80. The van der Waals surface area contributed by atoms with Gasteiger partial charge in [0.2, 0.25) is 15.9 Å². The first-order valence-corrected chi connectivity index (χ1v) is 11.1. The van der Waals surface area contributed by atoms with E-state index in [0.29, 0.717) is 30.9 Å². The number of rotatable bonds is 7. The number of hydrogen-bond donors (Lipinski definition) is 1. The Kier molecular flexibility index (Phi) is 6.87. The number of anilines is 1. The number of carbonyl (C=O) groups is 1. The minimum Gasteiger partial charge on any atom is -0.491 e. The Labute approximate surface area is 170 Å². The third kappa shape index (κ3) is 5.13. The summed E-state index contributed by atoms with van der Waals surface area (Å²) >= 11 is 0. The Hall–Kier alpha value is -2.45. The number of halogens is 1. The molecule has 6 nitrogen and oxygen atoms in total. The molecule has 2 aromatic carbocycles. The van der Waals surface area contributed by atoms with E-state index in [0.717, 1.165) is 18.6 Å². The number of benzene rings is 2. The van der Waals surface area contributed by atoms with Gasteiger partial charge in [-0.05, 0) is 55.7 Å². The summed E-state index contributed by atoms with van der Waals surface area (Å²) < 4.78 is 45.5. The van der Waals surface area contributed by atoms with Crippen molar-refractivity contribution in [2.75, 3.05) is 25.0 Å². The first kappa shape index (κ1) is 21.3. The summed E-state index contributed by atoms with van der Waals surface area (Å²) in [6, 6.07) is 12.1. The lowest BCUT2D eigenvalue weighted by Crippen LogP contribution is -2.41. The first-order chi connectivity index (χ1) is 13.9. The van der Waals surface area contributed by atoms with E-state index in [4.69, 9.17) is 4.74 Å². The SMILES string of the molecule is CCCOc1ccccc1NC(=O)C1CCN(S(=O)(=O)c2ccc(F)cc2)CC1. The normalized spacial score (nSPS) is 15.8. The Morgan fingerprint density at radius 3 is 2.45 bits per heavy atom. The van der Waals surface area contributed by atoms with Gasteiger partial charge in [-0.25, -0.2) is 12.8 Å². The van der Waals surface area contributed by atoms with Gasteiger partial charge < -0.3 is 10.1 Å². The number of nitrogens with one attached hydrogen (secondary N) is 1. The molecule has 1 amide bonds. The Bertz CT molecular complexity index is 939. The molecule has 1 aliphatic heterocycles. The van der Waals surface area contributed by atoms with Crippen LogP contribution in [0.15, 0.2) is 53.4 Å². The maximum atomic E-state index is 13.1. The molecule has 0 saturated carbocycles. The van der Waals surface area contributed by atoms with Crippen LogP contribution >= 0.6 is 0 Å². The van der Waals surface area contributed by atoms with Crippen LogP contribution in [0.25, 0.3) is 0 Å². The van der Waals surface area contributed by atoms with Crippen LogP contribution in [0.5, 0.6) is 5.75 Å². The van der Waals surface area contributed by atoms with Crippen LogP contribution in [0.1, 0.15) is 26.2 Å². The molecular formula is C21H25FN2O4S. The average molecular weight is 421 g/mol. The van der Waals surface area contributed by atoms with Crippen LogP contribution in [0.2, 0.25) is 0 Å². The molecule has 1 fully saturated rings. The third-order valence-electron chi connectivity index (χ3n) is 4.88. The summed E-state index contributed by atoms with van der Waals surface area (Å²) in [4.78, 5) is 12.7. The number of hydrogen-bond acceptors (Lipinski definition) is 4. The zero-order valence-corrected chi connectivity index (χ0v) is 17.1. The fourth-order valence-corrected chi connectivity index (χ4v) is 4.73. The molecule has 0 aromatic heterocycles. The van der Waals surface area contributed by atoms with Gasteiger partial charge in [0.25, 0.3) is 0 Å². The molecule has 8 heteroatoms. The van der Waals surface area contributed by atoms with Gasteiger partial charge in [0.05, 0.1) is 17.2 Å². The predicted octanol–water partition coefficient (Wildman–Crippen LogP) is 3.65. The zero-order chi connectivity index (χ0) is 20.9. The molecule has 1 saturated heterocycles. The zero-order valence-electron chi connectivity index (χ0n) is 16.3. The van der Waals surface area contributed by atoms with Gasteiger partial charge in [-0.2, -0.15) is 4.31 Å². The van der Waals surface area contributed by atoms with Crippen molar-refractivity contribution in [3.8, 4) is 5.75 Å². The number of nitrogens with zero attached hydrogens (tertiary/aromatic N) is 1. The van der Waals surface area contributed by atoms with Gasteiger partial charge in [0.1, 0.15) is 11.6 Å². The quantitative estimate of drug-likeness (QED) is 0.742. The lowest BCUT2D eigenvalue weighted by atomic mass is 9.97. The molecule has 2 aromatic rings. The van der Waals surface area contributed by atoms with E-state index in [1.54, 1.807) is 6.07 Å². The van der Waals surface area contributed by atoms with Gasteiger partial charge >= 0.3 is 0 Å². The molecule has 0 atom stereocenters. The standard InChI is InChI=1S/C21H25FN2O4S/c1-2-15-28-20-6-4-3-5-19(20)23-21(25)16-11-13-24(14-12-16)29(26,27)18-9-7-17(22)8-10-18/h3-10,16H,2,11-15H2,1H3,(H,23,25). The largest absolute Gasteiger partial charge is 0.491 e. The van der Waals surface area contributed by atoms with Crippen LogP contribution in [-0.4, -0.2) is 38.3 Å². The summed E-state index contributed by atoms with van der Waals surface area (Å²) in [6.45, 7) is 3.05. The van der Waals surface area contributed by atoms with Crippen molar-refractivity contribution in [2.24, 2.45) is 5.92 Å². The molecule has 1 N–H and O–H groups in total. The lowest BCUT2D eigenvalue weighted by Gasteiger charge is -2.30. The molecule has 0 bridgehead atoms. The van der Waals surface area contributed by atoms with E-state index in [2.05, 4.69) is 5.32 Å². The van der Waals surface area contributed by atoms with Crippen LogP contribution < -0.4 is 10.1 Å². The minimum absolute atomic E-state index is 0.0591. The molecule has 0 unspecified atom stereocenters. The highest BCUT2D eigenvalue weighted by atomic mass is 32.2. The second-order valence-electron chi connectivity index (χ2n) is 6.97. The van der Waals surface area contributed by atoms with Crippen molar-refractivity contribution in [3.63, 3.8) is 0 Å². The number of ether oxygens (including phenoxy) is 1. The Morgan fingerprint density at radius 1 is 1.14 bits per heavy atom. The van der Waals surface area contributed by atoms with Crippen molar-refractivity contribution < 1.29 is 22.3 Å². The fourth-order valence-electron chi connectivity index (χ4n) is 3.26. The fraction of sp³-hybridized carbons (Fsp3) is 0.381. The van der Waals surface area contributed by atoms with Gasteiger partial charge in [-0.3, -0.25) is 4.79 Å². The van der Waals surface area contributed by atoms with Crippen LogP contribution in [0, 0.1) is 11.7 Å². The molecule has 156 valence electrons. The molecule has 29 heavy (non-hydrogen) atoms. The summed E-state index contributed by atoms with van der Waals surface area (Å²) in [5.41, 5.74) is 0.618. The minimum atomic E-state index is -3.69. The molecule has 0 radical (unpaired) electrons. The number of sulfonamides is 1. The van der Waals surface area contributed by atoms with E-state index in [9.17, 15) is 17.6 Å². The Balaban J connectivity index is 1.61. The second kappa shape index (κ2) is 9.37. The molecule has 1 aliphatic rings. The average Bonchev–Trinajstić information content (AvgIpc) is 2.73. The number of amides is 1. The number of para-hydroxylation sites is 2. The van der Waals surface area contributed by atoms with Crippen molar-refractivity contribution in [2.45, 2.75) is 31.1 Å². The van der Waals surface area contributed by atoms with Crippen LogP contribution in [-0.2, 0) is 14.8 Å². The smallest absolute Gasteiger partial charge is 0.243 e. The van der Waals surface area contributed by atoms with E-state index >= 15 is 0 Å². The monoisotopic (exact) mass is 420 g/mol. The van der Waals surface area contributed by atoms with Crippen molar-refractivity contribution in [1.82, 2.24) is 4.31 Å². The number of carbonyl (C=O) groups excluding carboxylic acids is 1.